The second-order valence-electron chi connectivity index (χ2n) is 5.37. The normalized spacial score (nSPS) is 13.6. The van der Waals surface area contributed by atoms with Gasteiger partial charge >= 0.3 is 0 Å². The Bertz CT molecular complexity index is 305. The van der Waals surface area contributed by atoms with Gasteiger partial charge in [-0.1, -0.05) is 58.0 Å². The lowest BCUT2D eigenvalue weighted by Crippen LogP contribution is -2.44. The van der Waals surface area contributed by atoms with Crippen molar-refractivity contribution in [3.63, 3.8) is 0 Å². The number of hydrogen-bond donors (Lipinski definition) is 1. The highest BCUT2D eigenvalue weighted by Gasteiger charge is 2.22. The fraction of sp³-hybridized carbons (Fsp3) is 0.647. The first-order chi connectivity index (χ1) is 8.67. The zero-order valence-corrected chi connectivity index (χ0v) is 12.5. The van der Waals surface area contributed by atoms with Gasteiger partial charge in [0.2, 0.25) is 0 Å². The van der Waals surface area contributed by atoms with Crippen molar-refractivity contribution in [1.29, 1.82) is 0 Å². The molecule has 0 aliphatic heterocycles. The summed E-state index contributed by atoms with van der Waals surface area (Å²) in [4.78, 5) is 0. The van der Waals surface area contributed by atoms with Gasteiger partial charge in [0.15, 0.2) is 0 Å². The van der Waals surface area contributed by atoms with Crippen LogP contribution in [0.5, 0.6) is 0 Å². The average molecular weight is 247 g/mol. The lowest BCUT2D eigenvalue weighted by Gasteiger charge is -2.32. The molecule has 0 aliphatic carbocycles. The highest BCUT2D eigenvalue weighted by atomic mass is 15.0. The monoisotopic (exact) mass is 247 g/mol. The van der Waals surface area contributed by atoms with Crippen LogP contribution in [0.4, 0.5) is 0 Å². The van der Waals surface area contributed by atoms with Crippen LogP contribution in [-0.2, 0) is 0 Å². The zero-order chi connectivity index (χ0) is 13.4. The molecule has 1 rings (SSSR count). The summed E-state index contributed by atoms with van der Waals surface area (Å²) >= 11 is 0. The van der Waals surface area contributed by atoms with Gasteiger partial charge in [0.1, 0.15) is 0 Å². The molecule has 0 aliphatic rings. The van der Waals surface area contributed by atoms with E-state index in [2.05, 4.69) is 63.3 Å². The van der Waals surface area contributed by atoms with E-state index in [0.717, 1.165) is 6.54 Å². The fourth-order valence-electron chi connectivity index (χ4n) is 2.63. The van der Waals surface area contributed by atoms with Crippen LogP contribution >= 0.6 is 0 Å². The quantitative estimate of drug-likeness (QED) is 0.699. The van der Waals surface area contributed by atoms with Crippen molar-refractivity contribution < 1.29 is 0 Å². The topological polar surface area (TPSA) is 12.0 Å². The van der Waals surface area contributed by atoms with E-state index < -0.39 is 0 Å². The van der Waals surface area contributed by atoms with Crippen LogP contribution in [0.1, 0.15) is 64.9 Å². The van der Waals surface area contributed by atoms with Gasteiger partial charge < -0.3 is 5.32 Å². The van der Waals surface area contributed by atoms with Gasteiger partial charge in [0.25, 0.3) is 0 Å². The third kappa shape index (κ3) is 4.13. The molecule has 0 bridgehead atoms. The fourth-order valence-corrected chi connectivity index (χ4v) is 2.63. The van der Waals surface area contributed by atoms with E-state index in [-0.39, 0.29) is 0 Å². The molecule has 1 atom stereocenters. The van der Waals surface area contributed by atoms with E-state index in [0.29, 0.717) is 11.5 Å². The van der Waals surface area contributed by atoms with Gasteiger partial charge in [0, 0.05) is 5.54 Å². The second-order valence-corrected chi connectivity index (χ2v) is 5.37. The summed E-state index contributed by atoms with van der Waals surface area (Å²) in [6.07, 6.45) is 4.88. The maximum Gasteiger partial charge on any atom is 0.0173 e. The van der Waals surface area contributed by atoms with Crippen molar-refractivity contribution in [2.24, 2.45) is 0 Å². The molecule has 0 fully saturated rings. The van der Waals surface area contributed by atoms with Gasteiger partial charge in [-0.3, -0.25) is 0 Å². The molecule has 1 aromatic rings. The lowest BCUT2D eigenvalue weighted by molar-refractivity contribution is 0.287. The minimum Gasteiger partial charge on any atom is -0.311 e. The Kier molecular flexibility index (Phi) is 6.42. The van der Waals surface area contributed by atoms with Gasteiger partial charge in [-0.25, -0.2) is 0 Å². The molecule has 1 nitrogen and oxygen atoms in total. The van der Waals surface area contributed by atoms with Gasteiger partial charge in [0.05, 0.1) is 0 Å². The lowest BCUT2D eigenvalue weighted by atomic mass is 9.89. The van der Waals surface area contributed by atoms with Crippen LogP contribution in [0.3, 0.4) is 0 Å². The van der Waals surface area contributed by atoms with Crippen molar-refractivity contribution in [2.75, 3.05) is 6.54 Å². The van der Waals surface area contributed by atoms with Crippen LogP contribution in [0.2, 0.25) is 0 Å². The molecule has 0 spiro atoms. The Hall–Kier alpha value is -0.820. The van der Waals surface area contributed by atoms with Crippen LogP contribution in [-0.4, -0.2) is 12.1 Å². The maximum atomic E-state index is 3.78. The van der Waals surface area contributed by atoms with E-state index in [4.69, 9.17) is 0 Å². The van der Waals surface area contributed by atoms with Crippen molar-refractivity contribution in [1.82, 2.24) is 5.32 Å². The van der Waals surface area contributed by atoms with Gasteiger partial charge in [-0.05, 0) is 43.7 Å². The number of hydrogen-bond acceptors (Lipinski definition) is 1. The van der Waals surface area contributed by atoms with Gasteiger partial charge in [-0.2, -0.15) is 0 Å². The predicted molar refractivity (Wildman–Crippen MR) is 81.1 cm³/mol. The number of nitrogens with one attached hydrogen (secondary N) is 1. The van der Waals surface area contributed by atoms with Gasteiger partial charge in [-0.15, -0.1) is 0 Å². The number of benzene rings is 1. The SMILES string of the molecule is CCC(CC)(CC)NCCC(C)c1ccccc1. The standard InChI is InChI=1S/C17H29N/c1-5-17(6-2,7-3)18-14-13-15(4)16-11-9-8-10-12-16/h8-12,15,18H,5-7,13-14H2,1-4H3. The summed E-state index contributed by atoms with van der Waals surface area (Å²) in [5.74, 6) is 0.641. The molecule has 0 heterocycles. The number of rotatable bonds is 8. The Labute approximate surface area is 113 Å². The molecule has 1 unspecified atom stereocenters. The third-order valence-electron chi connectivity index (χ3n) is 4.48. The second kappa shape index (κ2) is 7.58. The molecule has 1 heteroatoms. The van der Waals surface area contributed by atoms with E-state index in [1.54, 1.807) is 0 Å². The maximum absolute atomic E-state index is 3.78. The zero-order valence-electron chi connectivity index (χ0n) is 12.5. The molecule has 1 N–H and O–H groups in total. The third-order valence-corrected chi connectivity index (χ3v) is 4.48. The average Bonchev–Trinajstić information content (AvgIpc) is 2.45. The smallest absolute Gasteiger partial charge is 0.0173 e. The Balaban J connectivity index is 2.42. The van der Waals surface area contributed by atoms with E-state index >= 15 is 0 Å². The van der Waals surface area contributed by atoms with Crippen LogP contribution < -0.4 is 5.32 Å². The predicted octanol–water partition coefficient (Wildman–Crippen LogP) is 4.74. The highest BCUT2D eigenvalue weighted by molar-refractivity contribution is 5.18. The molecule has 0 aromatic heterocycles. The molecule has 0 radical (unpaired) electrons. The first-order valence-electron chi connectivity index (χ1n) is 7.47. The van der Waals surface area contributed by atoms with Crippen molar-refractivity contribution in [3.8, 4) is 0 Å². The molecule has 102 valence electrons. The van der Waals surface area contributed by atoms with Crippen LogP contribution in [0.15, 0.2) is 30.3 Å². The Morgan fingerprint density at radius 1 is 1.00 bits per heavy atom. The largest absolute Gasteiger partial charge is 0.311 e. The van der Waals surface area contributed by atoms with Crippen molar-refractivity contribution >= 4 is 0 Å². The molecule has 0 saturated carbocycles. The molecule has 0 saturated heterocycles. The van der Waals surface area contributed by atoms with Crippen LogP contribution in [0.25, 0.3) is 0 Å². The summed E-state index contributed by atoms with van der Waals surface area (Å²) < 4.78 is 0. The minimum absolute atomic E-state index is 0.358. The molecule has 0 amide bonds. The van der Waals surface area contributed by atoms with E-state index in [9.17, 15) is 0 Å². The van der Waals surface area contributed by atoms with E-state index in [1.807, 2.05) is 0 Å². The Morgan fingerprint density at radius 3 is 2.06 bits per heavy atom. The summed E-state index contributed by atoms with van der Waals surface area (Å²) in [6, 6.07) is 10.8. The first kappa shape index (κ1) is 15.2. The van der Waals surface area contributed by atoms with E-state index in [1.165, 1.54) is 31.2 Å². The summed E-state index contributed by atoms with van der Waals surface area (Å²) in [6.45, 7) is 10.3. The molecular weight excluding hydrogens is 218 g/mol. The summed E-state index contributed by atoms with van der Waals surface area (Å²) in [5, 5.41) is 3.78. The minimum atomic E-state index is 0.358. The van der Waals surface area contributed by atoms with Crippen molar-refractivity contribution in [3.05, 3.63) is 35.9 Å². The molecular formula is C17H29N. The van der Waals surface area contributed by atoms with Crippen molar-refractivity contribution in [2.45, 2.75) is 64.8 Å². The Morgan fingerprint density at radius 2 is 1.56 bits per heavy atom. The summed E-state index contributed by atoms with van der Waals surface area (Å²) in [7, 11) is 0. The van der Waals surface area contributed by atoms with Crippen LogP contribution in [0, 0.1) is 0 Å². The molecule has 1 aromatic carbocycles. The summed E-state index contributed by atoms with van der Waals surface area (Å²) in [5.41, 5.74) is 1.81. The molecule has 18 heavy (non-hydrogen) atoms. The highest BCUT2D eigenvalue weighted by Crippen LogP contribution is 2.21. The first-order valence-corrected chi connectivity index (χ1v) is 7.47.